The molecule has 2 aromatic heterocycles. The highest BCUT2D eigenvalue weighted by Crippen LogP contribution is 2.27. The number of nitrogens with zero attached hydrogens (tertiary/aromatic N) is 2. The van der Waals surface area contributed by atoms with E-state index < -0.39 is 0 Å². The first-order valence-electron chi connectivity index (χ1n) is 6.80. The van der Waals surface area contributed by atoms with Crippen molar-refractivity contribution in [2.24, 2.45) is 0 Å². The second-order valence-electron chi connectivity index (χ2n) is 4.81. The summed E-state index contributed by atoms with van der Waals surface area (Å²) in [6.07, 6.45) is 2.85. The zero-order valence-electron chi connectivity index (χ0n) is 11.7. The number of thiazole rings is 1. The topological polar surface area (TPSA) is 37.8 Å². The van der Waals surface area contributed by atoms with Crippen molar-refractivity contribution in [3.8, 4) is 0 Å². The van der Waals surface area contributed by atoms with Gasteiger partial charge in [-0.15, -0.1) is 0 Å². The molecular weight excluding hydrogens is 266 g/mol. The summed E-state index contributed by atoms with van der Waals surface area (Å²) in [5.74, 6) is 0. The zero-order valence-corrected chi connectivity index (χ0v) is 12.5. The second-order valence-corrected chi connectivity index (χ2v) is 5.84. The summed E-state index contributed by atoms with van der Waals surface area (Å²) in [6, 6.07) is 10.5. The minimum absolute atomic E-state index is 0.725. The molecule has 0 amide bonds. The number of anilines is 1. The summed E-state index contributed by atoms with van der Waals surface area (Å²) in [7, 11) is 0. The highest BCUT2D eigenvalue weighted by molar-refractivity contribution is 7.22. The molecule has 0 saturated carbocycles. The van der Waals surface area contributed by atoms with Gasteiger partial charge >= 0.3 is 0 Å². The highest BCUT2D eigenvalue weighted by atomic mass is 32.1. The normalized spacial score (nSPS) is 10.9. The number of rotatable bonds is 4. The lowest BCUT2D eigenvalue weighted by Crippen LogP contribution is -2.04. The molecule has 0 saturated heterocycles. The van der Waals surface area contributed by atoms with E-state index in [0.717, 1.165) is 29.3 Å². The largest absolute Gasteiger partial charge is 0.356 e. The van der Waals surface area contributed by atoms with Crippen LogP contribution in [0, 0.1) is 6.92 Å². The van der Waals surface area contributed by atoms with E-state index in [-0.39, 0.29) is 0 Å². The van der Waals surface area contributed by atoms with Gasteiger partial charge in [0.05, 0.1) is 22.5 Å². The molecule has 0 fully saturated rings. The van der Waals surface area contributed by atoms with E-state index in [4.69, 9.17) is 0 Å². The molecule has 3 aromatic rings. The Labute approximate surface area is 122 Å². The monoisotopic (exact) mass is 283 g/mol. The molecule has 0 aliphatic carbocycles. The van der Waals surface area contributed by atoms with Gasteiger partial charge in [0.15, 0.2) is 5.13 Å². The van der Waals surface area contributed by atoms with E-state index in [0.29, 0.717) is 0 Å². The van der Waals surface area contributed by atoms with E-state index in [1.54, 1.807) is 11.3 Å². The Morgan fingerprint density at radius 2 is 2.15 bits per heavy atom. The molecule has 4 heteroatoms. The minimum Gasteiger partial charge on any atom is -0.356 e. The van der Waals surface area contributed by atoms with E-state index >= 15 is 0 Å². The molecular formula is C16H17N3S. The summed E-state index contributed by atoms with van der Waals surface area (Å²) in [6.45, 7) is 4.98. The van der Waals surface area contributed by atoms with Crippen LogP contribution in [-0.2, 0) is 13.0 Å². The van der Waals surface area contributed by atoms with Crippen LogP contribution in [0.3, 0.4) is 0 Å². The number of aromatic nitrogens is 2. The van der Waals surface area contributed by atoms with Gasteiger partial charge < -0.3 is 5.32 Å². The summed E-state index contributed by atoms with van der Waals surface area (Å²) in [5, 5.41) is 4.35. The van der Waals surface area contributed by atoms with Crippen molar-refractivity contribution in [1.29, 1.82) is 0 Å². The van der Waals surface area contributed by atoms with E-state index in [1.807, 2.05) is 12.3 Å². The lowest BCUT2D eigenvalue weighted by atomic mass is 10.1. The molecule has 3 rings (SSSR count). The maximum Gasteiger partial charge on any atom is 0.184 e. The number of hydrogen-bond donors (Lipinski definition) is 1. The van der Waals surface area contributed by atoms with E-state index in [1.165, 1.54) is 15.8 Å². The Morgan fingerprint density at radius 3 is 3.00 bits per heavy atom. The maximum atomic E-state index is 4.60. The fourth-order valence-corrected chi connectivity index (χ4v) is 3.18. The molecule has 0 atom stereocenters. The highest BCUT2D eigenvalue weighted by Gasteiger charge is 2.05. The molecule has 20 heavy (non-hydrogen) atoms. The first-order valence-corrected chi connectivity index (χ1v) is 7.61. The lowest BCUT2D eigenvalue weighted by Gasteiger charge is -2.06. The number of nitrogens with one attached hydrogen (secondary N) is 1. The zero-order chi connectivity index (χ0) is 13.9. The fourth-order valence-electron chi connectivity index (χ4n) is 2.22. The molecule has 0 aliphatic heterocycles. The average molecular weight is 283 g/mol. The Balaban J connectivity index is 1.79. The van der Waals surface area contributed by atoms with Gasteiger partial charge in [0, 0.05) is 6.20 Å². The first kappa shape index (κ1) is 13.1. The van der Waals surface area contributed by atoms with Crippen LogP contribution in [0.4, 0.5) is 5.13 Å². The van der Waals surface area contributed by atoms with Crippen molar-refractivity contribution < 1.29 is 0 Å². The standard InChI is InChI=1S/C16H17N3S/c1-3-12-5-4-8-17-14(12)10-18-16-19-13-7-6-11(2)9-15(13)20-16/h4-9H,3,10H2,1-2H3,(H,18,19). The van der Waals surface area contributed by atoms with Crippen molar-refractivity contribution in [2.45, 2.75) is 26.8 Å². The maximum absolute atomic E-state index is 4.60. The van der Waals surface area contributed by atoms with E-state index in [9.17, 15) is 0 Å². The summed E-state index contributed by atoms with van der Waals surface area (Å²) >= 11 is 1.69. The molecule has 1 N–H and O–H groups in total. The smallest absolute Gasteiger partial charge is 0.184 e. The van der Waals surface area contributed by atoms with Gasteiger partial charge in [-0.1, -0.05) is 30.4 Å². The van der Waals surface area contributed by atoms with Crippen molar-refractivity contribution in [3.05, 3.63) is 53.3 Å². The molecule has 102 valence electrons. The third kappa shape index (κ3) is 2.65. The van der Waals surface area contributed by atoms with Crippen LogP contribution in [0.5, 0.6) is 0 Å². The predicted molar refractivity (Wildman–Crippen MR) is 85.3 cm³/mol. The molecule has 0 aliphatic rings. The Morgan fingerprint density at radius 1 is 1.25 bits per heavy atom. The molecule has 1 aromatic carbocycles. The van der Waals surface area contributed by atoms with Crippen molar-refractivity contribution in [1.82, 2.24) is 9.97 Å². The van der Waals surface area contributed by atoms with Crippen LogP contribution in [0.15, 0.2) is 36.5 Å². The third-order valence-corrected chi connectivity index (χ3v) is 4.29. The van der Waals surface area contributed by atoms with Crippen LogP contribution in [0.2, 0.25) is 0 Å². The minimum atomic E-state index is 0.725. The Kier molecular flexibility index (Phi) is 3.65. The number of fused-ring (bicyclic) bond motifs is 1. The van der Waals surface area contributed by atoms with Gasteiger partial charge in [-0.05, 0) is 42.7 Å². The van der Waals surface area contributed by atoms with Crippen LogP contribution in [0.1, 0.15) is 23.7 Å². The number of hydrogen-bond acceptors (Lipinski definition) is 4. The van der Waals surface area contributed by atoms with Crippen LogP contribution >= 0.6 is 11.3 Å². The van der Waals surface area contributed by atoms with Crippen molar-refractivity contribution in [3.63, 3.8) is 0 Å². The molecule has 0 unspecified atom stereocenters. The van der Waals surface area contributed by atoms with Gasteiger partial charge in [0.2, 0.25) is 0 Å². The quantitative estimate of drug-likeness (QED) is 0.780. The van der Waals surface area contributed by atoms with Crippen LogP contribution in [-0.4, -0.2) is 9.97 Å². The lowest BCUT2D eigenvalue weighted by molar-refractivity contribution is 0.970. The van der Waals surface area contributed by atoms with Gasteiger partial charge in [-0.3, -0.25) is 4.98 Å². The van der Waals surface area contributed by atoms with E-state index in [2.05, 4.69) is 53.4 Å². The van der Waals surface area contributed by atoms with Crippen molar-refractivity contribution >= 4 is 26.7 Å². The van der Waals surface area contributed by atoms with Gasteiger partial charge in [-0.25, -0.2) is 4.98 Å². The third-order valence-electron chi connectivity index (χ3n) is 3.32. The second kappa shape index (κ2) is 5.59. The fraction of sp³-hybridized carbons (Fsp3) is 0.250. The summed E-state index contributed by atoms with van der Waals surface area (Å²) in [4.78, 5) is 9.05. The first-order chi connectivity index (χ1) is 9.76. The molecule has 0 spiro atoms. The molecule has 0 radical (unpaired) electrons. The summed E-state index contributed by atoms with van der Waals surface area (Å²) in [5.41, 5.74) is 4.72. The van der Waals surface area contributed by atoms with Gasteiger partial charge in [-0.2, -0.15) is 0 Å². The average Bonchev–Trinajstić information content (AvgIpc) is 2.87. The molecule has 2 heterocycles. The van der Waals surface area contributed by atoms with Crippen molar-refractivity contribution in [2.75, 3.05) is 5.32 Å². The van der Waals surface area contributed by atoms with Crippen LogP contribution < -0.4 is 5.32 Å². The Bertz CT molecular complexity index is 733. The number of benzene rings is 1. The molecule has 3 nitrogen and oxygen atoms in total. The number of pyridine rings is 1. The SMILES string of the molecule is CCc1cccnc1CNc1nc2ccc(C)cc2s1. The summed E-state index contributed by atoms with van der Waals surface area (Å²) < 4.78 is 1.23. The number of aryl methyl sites for hydroxylation is 2. The Hall–Kier alpha value is -1.94. The van der Waals surface area contributed by atoms with Gasteiger partial charge in [0.25, 0.3) is 0 Å². The predicted octanol–water partition coefficient (Wildman–Crippen LogP) is 4.17. The van der Waals surface area contributed by atoms with Crippen LogP contribution in [0.25, 0.3) is 10.2 Å². The molecule has 0 bridgehead atoms. The van der Waals surface area contributed by atoms with Gasteiger partial charge in [0.1, 0.15) is 0 Å².